The van der Waals surface area contributed by atoms with Crippen molar-refractivity contribution in [2.24, 2.45) is 34.5 Å². The lowest BCUT2D eigenvalue weighted by Crippen LogP contribution is -2.59. The van der Waals surface area contributed by atoms with Crippen LogP contribution in [0.5, 0.6) is 0 Å². The summed E-state index contributed by atoms with van der Waals surface area (Å²) in [6.07, 6.45) is 6.99. The monoisotopic (exact) mass is 594 g/mol. The maximum Gasteiger partial charge on any atom is 0.338 e. The first-order chi connectivity index (χ1) is 20.1. The van der Waals surface area contributed by atoms with E-state index >= 15 is 0 Å². The third-order valence-electron chi connectivity index (χ3n) is 12.1. The summed E-state index contributed by atoms with van der Waals surface area (Å²) in [5.41, 5.74) is -1.19. The number of fused-ring (bicyclic) bond motifs is 5. The summed E-state index contributed by atoms with van der Waals surface area (Å²) in [4.78, 5) is 38.5. The van der Waals surface area contributed by atoms with E-state index in [9.17, 15) is 24.6 Å². The number of esters is 2. The summed E-state index contributed by atoms with van der Waals surface area (Å²) in [7, 11) is 0. The number of carbonyl (C=O) groups is 3. The van der Waals surface area contributed by atoms with E-state index in [4.69, 9.17) is 9.47 Å². The van der Waals surface area contributed by atoms with Crippen molar-refractivity contribution in [3.63, 3.8) is 0 Å². The number of ether oxygens (including phenoxy) is 2. The van der Waals surface area contributed by atoms with E-state index in [1.54, 1.807) is 30.3 Å². The number of carbonyl (C=O) groups excluding carboxylic acids is 3. The van der Waals surface area contributed by atoms with E-state index in [1.165, 1.54) is 6.92 Å². The number of allylic oxidation sites excluding steroid dienone is 1. The highest BCUT2D eigenvalue weighted by Crippen LogP contribution is 2.68. The molecule has 3 fully saturated rings. The van der Waals surface area contributed by atoms with E-state index in [0.717, 1.165) is 31.3 Å². The van der Waals surface area contributed by atoms with Gasteiger partial charge in [0.25, 0.3) is 0 Å². The van der Waals surface area contributed by atoms with E-state index < -0.39 is 28.8 Å². The number of rotatable bonds is 8. The van der Waals surface area contributed by atoms with Crippen LogP contribution >= 0.6 is 0 Å². The zero-order valence-electron chi connectivity index (χ0n) is 26.7. The molecule has 0 amide bonds. The Kier molecular flexibility index (Phi) is 8.49. The molecule has 0 radical (unpaired) electrons. The molecule has 0 spiro atoms. The molecular formula is C36H50O7. The molecule has 0 aliphatic heterocycles. The Hall–Kier alpha value is -2.51. The molecular weight excluding hydrogens is 544 g/mol. The van der Waals surface area contributed by atoms with Gasteiger partial charge in [0, 0.05) is 18.3 Å². The molecule has 7 heteroatoms. The van der Waals surface area contributed by atoms with Crippen molar-refractivity contribution in [3.8, 4) is 0 Å². The van der Waals surface area contributed by atoms with Crippen LogP contribution in [0, 0.1) is 34.5 Å². The van der Waals surface area contributed by atoms with Crippen molar-refractivity contribution >= 4 is 17.7 Å². The predicted octanol–water partition coefficient (Wildman–Crippen LogP) is 6.20. The normalized spacial score (nSPS) is 36.8. The lowest BCUT2D eigenvalue weighted by molar-refractivity contribution is -0.156. The first kappa shape index (κ1) is 31.9. The molecule has 2 N–H and O–H groups in total. The Labute approximate surface area is 256 Å². The summed E-state index contributed by atoms with van der Waals surface area (Å²) >= 11 is 0. The van der Waals surface area contributed by atoms with Crippen LogP contribution in [0.2, 0.25) is 0 Å². The van der Waals surface area contributed by atoms with Crippen LogP contribution in [0.1, 0.15) is 110 Å². The lowest BCUT2D eigenvalue weighted by Gasteiger charge is -2.59. The second-order valence-electron chi connectivity index (χ2n) is 15.1. The molecule has 1 aromatic carbocycles. The zero-order chi connectivity index (χ0) is 31.4. The molecule has 0 saturated heterocycles. The highest BCUT2D eigenvalue weighted by Gasteiger charge is 2.66. The van der Waals surface area contributed by atoms with Crippen LogP contribution in [-0.4, -0.2) is 51.3 Å². The molecule has 5 rings (SSSR count). The molecule has 236 valence electrons. The molecule has 0 unspecified atom stereocenters. The van der Waals surface area contributed by atoms with Crippen LogP contribution in [0.15, 0.2) is 42.0 Å². The minimum absolute atomic E-state index is 0.0479. The van der Waals surface area contributed by atoms with Gasteiger partial charge >= 0.3 is 11.9 Å². The SMILES string of the molecule is CC(=O)O[C@H](CCC(C)(C)OC(=O)c1ccccc1)[C@@H](C)[C@H]1CC[C@@]2(O)C3=CC(=O)[C@H]4C[C@@H](O)CC[C@]4(C)[C@H]3CC[C@]12C. The highest BCUT2D eigenvalue weighted by molar-refractivity contribution is 5.95. The van der Waals surface area contributed by atoms with Gasteiger partial charge in [0.05, 0.1) is 17.3 Å². The number of aliphatic hydroxyl groups is 2. The van der Waals surface area contributed by atoms with Crippen molar-refractivity contribution < 1.29 is 34.1 Å². The van der Waals surface area contributed by atoms with Crippen LogP contribution in [-0.2, 0) is 19.1 Å². The van der Waals surface area contributed by atoms with Crippen LogP contribution < -0.4 is 0 Å². The van der Waals surface area contributed by atoms with E-state index in [2.05, 4.69) is 20.8 Å². The maximum atomic E-state index is 13.5. The minimum Gasteiger partial charge on any atom is -0.462 e. The number of benzene rings is 1. The molecule has 4 aliphatic rings. The van der Waals surface area contributed by atoms with Gasteiger partial charge in [0.15, 0.2) is 5.78 Å². The summed E-state index contributed by atoms with van der Waals surface area (Å²) in [5.74, 6) is -0.725. The van der Waals surface area contributed by atoms with Gasteiger partial charge in [0.2, 0.25) is 0 Å². The van der Waals surface area contributed by atoms with E-state index in [-0.39, 0.29) is 46.8 Å². The highest BCUT2D eigenvalue weighted by atomic mass is 16.6. The number of hydrogen-bond donors (Lipinski definition) is 2. The average Bonchev–Trinajstić information content (AvgIpc) is 3.23. The predicted molar refractivity (Wildman–Crippen MR) is 163 cm³/mol. The quantitative estimate of drug-likeness (QED) is 0.345. The molecule has 43 heavy (non-hydrogen) atoms. The molecule has 1 aromatic rings. The zero-order valence-corrected chi connectivity index (χ0v) is 26.7. The second kappa shape index (κ2) is 11.4. The van der Waals surface area contributed by atoms with Gasteiger partial charge < -0.3 is 19.7 Å². The third-order valence-corrected chi connectivity index (χ3v) is 12.1. The molecule has 7 nitrogen and oxygen atoms in total. The van der Waals surface area contributed by atoms with Gasteiger partial charge in [-0.05, 0) is 119 Å². The van der Waals surface area contributed by atoms with Gasteiger partial charge in [-0.1, -0.05) is 39.0 Å². The fourth-order valence-electron chi connectivity index (χ4n) is 9.53. The lowest BCUT2D eigenvalue weighted by atomic mass is 9.46. The maximum absolute atomic E-state index is 13.5. The molecule has 4 aliphatic carbocycles. The Balaban J connectivity index is 1.34. The summed E-state index contributed by atoms with van der Waals surface area (Å²) in [5, 5.41) is 22.9. The van der Waals surface area contributed by atoms with Crippen molar-refractivity contribution in [3.05, 3.63) is 47.5 Å². The van der Waals surface area contributed by atoms with Gasteiger partial charge in [-0.3, -0.25) is 9.59 Å². The molecule has 9 atom stereocenters. The molecule has 0 aromatic heterocycles. The van der Waals surface area contributed by atoms with Gasteiger partial charge in [-0.25, -0.2) is 4.79 Å². The van der Waals surface area contributed by atoms with Crippen LogP contribution in [0.4, 0.5) is 0 Å². The fraction of sp³-hybridized carbons (Fsp3) is 0.694. The van der Waals surface area contributed by atoms with Gasteiger partial charge in [-0.2, -0.15) is 0 Å². The third kappa shape index (κ3) is 5.61. The smallest absolute Gasteiger partial charge is 0.338 e. The van der Waals surface area contributed by atoms with Crippen molar-refractivity contribution in [1.29, 1.82) is 0 Å². The van der Waals surface area contributed by atoms with Crippen molar-refractivity contribution in [2.75, 3.05) is 0 Å². The largest absolute Gasteiger partial charge is 0.462 e. The first-order valence-corrected chi connectivity index (χ1v) is 16.2. The number of aliphatic hydroxyl groups excluding tert-OH is 1. The summed E-state index contributed by atoms with van der Waals surface area (Å²) in [6.45, 7) is 11.7. The standard InChI is InChI=1S/C36H50O7/c1-22(31(42-23(2)37)15-16-33(3,4)43-32(40)24-10-8-7-9-11-24)26-14-19-36(41)28-21-30(39)29-20-25(38)12-17-34(29,5)27(28)13-18-35(26,36)6/h7-11,21-22,25-27,29,31,38,41H,12-20H2,1-6H3/t22-,25-,26+,27-,29+,31+,34+,35+,36+/m0/s1. The Morgan fingerprint density at radius 1 is 1.05 bits per heavy atom. The minimum atomic E-state index is -1.10. The van der Waals surface area contributed by atoms with Crippen LogP contribution in [0.3, 0.4) is 0 Å². The summed E-state index contributed by atoms with van der Waals surface area (Å²) in [6, 6.07) is 8.91. The topological polar surface area (TPSA) is 110 Å². The van der Waals surface area contributed by atoms with Gasteiger partial charge in [-0.15, -0.1) is 0 Å². The molecule has 3 saturated carbocycles. The number of hydrogen-bond acceptors (Lipinski definition) is 7. The van der Waals surface area contributed by atoms with Gasteiger partial charge in [0.1, 0.15) is 11.7 Å². The molecule has 0 heterocycles. The van der Waals surface area contributed by atoms with E-state index in [1.807, 2.05) is 19.9 Å². The Morgan fingerprint density at radius 3 is 2.42 bits per heavy atom. The fourth-order valence-corrected chi connectivity index (χ4v) is 9.53. The second-order valence-corrected chi connectivity index (χ2v) is 15.1. The number of ketones is 1. The molecule has 0 bridgehead atoms. The van der Waals surface area contributed by atoms with E-state index in [0.29, 0.717) is 37.7 Å². The summed E-state index contributed by atoms with van der Waals surface area (Å²) < 4.78 is 11.8. The first-order valence-electron chi connectivity index (χ1n) is 16.2. The van der Waals surface area contributed by atoms with Crippen molar-refractivity contribution in [1.82, 2.24) is 0 Å². The average molecular weight is 595 g/mol. The Morgan fingerprint density at radius 2 is 1.74 bits per heavy atom. The van der Waals surface area contributed by atoms with Crippen molar-refractivity contribution in [2.45, 2.75) is 123 Å². The Bertz CT molecular complexity index is 1270. The van der Waals surface area contributed by atoms with Crippen LogP contribution in [0.25, 0.3) is 0 Å².